The lowest BCUT2D eigenvalue weighted by molar-refractivity contribution is -0.135. The minimum absolute atomic E-state index is 0.453. The maximum Gasteiger partial charge on any atom is 0.330 e. The van der Waals surface area contributed by atoms with Gasteiger partial charge >= 0.3 is 11.9 Å². The number of esters is 1. The van der Waals surface area contributed by atoms with Crippen molar-refractivity contribution >= 4 is 21.7 Å². The topological polar surface area (TPSA) is 52.6 Å². The van der Waals surface area contributed by atoms with Crippen LogP contribution in [0.4, 0.5) is 0 Å². The summed E-state index contributed by atoms with van der Waals surface area (Å²) in [5.74, 6) is -1.00. The van der Waals surface area contributed by atoms with E-state index in [-0.39, 0.29) is 0 Å². The summed E-state index contributed by atoms with van der Waals surface area (Å²) in [6.45, 7) is 2.03. The first-order valence-corrected chi connectivity index (χ1v) is 5.71. The highest BCUT2D eigenvalue weighted by atomic mass is 28.2. The van der Waals surface area contributed by atoms with E-state index in [2.05, 4.69) is 4.74 Å². The van der Waals surface area contributed by atoms with Gasteiger partial charge in [0.15, 0.2) is 0 Å². The molecule has 0 heterocycles. The van der Waals surface area contributed by atoms with Gasteiger partial charge in [-0.05, 0) is 6.04 Å². The Morgan fingerprint density at radius 1 is 1.31 bits per heavy atom. The van der Waals surface area contributed by atoms with Gasteiger partial charge in [0.25, 0.3) is 0 Å². The van der Waals surface area contributed by atoms with E-state index >= 15 is 0 Å². The summed E-state index contributed by atoms with van der Waals surface area (Å²) in [7, 11) is 0.514. The van der Waals surface area contributed by atoms with E-state index in [9.17, 15) is 9.59 Å². The van der Waals surface area contributed by atoms with Crippen LogP contribution in [-0.4, -0.2) is 28.8 Å². The van der Waals surface area contributed by atoms with E-state index in [1.165, 1.54) is 7.11 Å². The molecule has 0 N–H and O–H groups in total. The maximum atomic E-state index is 10.9. The molecule has 74 valence electrons. The van der Waals surface area contributed by atoms with Crippen LogP contribution in [0.25, 0.3) is 0 Å². The van der Waals surface area contributed by atoms with Crippen molar-refractivity contribution in [1.82, 2.24) is 0 Å². The molecule has 0 spiro atoms. The third-order valence-corrected chi connectivity index (χ3v) is 2.78. The van der Waals surface area contributed by atoms with Crippen molar-refractivity contribution in [3.05, 3.63) is 12.2 Å². The quantitative estimate of drug-likeness (QED) is 0.276. The highest BCUT2D eigenvalue weighted by molar-refractivity contribution is 6.31. The highest BCUT2D eigenvalue weighted by Gasteiger charge is 1.98. The van der Waals surface area contributed by atoms with E-state index in [1.807, 2.05) is 6.92 Å². The molecule has 4 nitrogen and oxygen atoms in total. The van der Waals surface area contributed by atoms with Gasteiger partial charge in [-0.15, -0.1) is 0 Å². The Bertz CT molecular complexity index is 200. The van der Waals surface area contributed by atoms with Gasteiger partial charge in [0.2, 0.25) is 9.76 Å². The molecule has 0 aliphatic heterocycles. The Morgan fingerprint density at radius 3 is 2.46 bits per heavy atom. The van der Waals surface area contributed by atoms with Crippen molar-refractivity contribution in [2.45, 2.75) is 19.4 Å². The highest BCUT2D eigenvalue weighted by Crippen LogP contribution is 1.88. The molecule has 0 aromatic rings. The maximum absolute atomic E-state index is 10.9. The van der Waals surface area contributed by atoms with Crippen molar-refractivity contribution in [2.24, 2.45) is 0 Å². The first-order valence-electron chi connectivity index (χ1n) is 4.13. The molecule has 5 heteroatoms. The van der Waals surface area contributed by atoms with Crippen molar-refractivity contribution in [2.75, 3.05) is 7.11 Å². The third kappa shape index (κ3) is 7.26. The monoisotopic (exact) mass is 202 g/mol. The summed E-state index contributed by atoms with van der Waals surface area (Å²) in [5.41, 5.74) is 0. The fourth-order valence-electron chi connectivity index (χ4n) is 0.569. The van der Waals surface area contributed by atoms with Crippen LogP contribution in [0.5, 0.6) is 0 Å². The summed E-state index contributed by atoms with van der Waals surface area (Å²) in [6.07, 6.45) is 3.18. The molecule has 0 atom stereocenters. The Balaban J connectivity index is 3.61. The molecule has 0 aromatic carbocycles. The molecule has 0 saturated heterocycles. The summed E-state index contributed by atoms with van der Waals surface area (Å²) in [6, 6.07) is 0.970. The Hall–Kier alpha value is -1.10. The molecule has 0 rings (SSSR count). The van der Waals surface area contributed by atoms with Crippen LogP contribution < -0.4 is 0 Å². The number of carbonyl (C=O) groups is 2. The Morgan fingerprint density at radius 2 is 1.92 bits per heavy atom. The minimum atomic E-state index is -0.740. The predicted octanol–water partition coefficient (Wildman–Crippen LogP) is 0.171. The van der Waals surface area contributed by atoms with Crippen LogP contribution in [0, 0.1) is 0 Å². The van der Waals surface area contributed by atoms with Crippen LogP contribution >= 0.6 is 0 Å². The van der Waals surface area contributed by atoms with Gasteiger partial charge in [0.05, 0.1) is 7.11 Å². The molecule has 0 aliphatic carbocycles. The van der Waals surface area contributed by atoms with E-state index in [0.717, 1.165) is 24.6 Å². The summed E-state index contributed by atoms with van der Waals surface area (Å²) in [5, 5.41) is 0. The number of hydrogen-bond acceptors (Lipinski definition) is 4. The van der Waals surface area contributed by atoms with Crippen molar-refractivity contribution in [3.63, 3.8) is 0 Å². The van der Waals surface area contributed by atoms with Gasteiger partial charge in [-0.25, -0.2) is 9.59 Å². The fourth-order valence-corrected chi connectivity index (χ4v) is 1.30. The van der Waals surface area contributed by atoms with Crippen molar-refractivity contribution < 1.29 is 18.8 Å². The van der Waals surface area contributed by atoms with E-state index in [4.69, 9.17) is 4.43 Å². The van der Waals surface area contributed by atoms with Gasteiger partial charge in [0.1, 0.15) is 0 Å². The third-order valence-electron chi connectivity index (χ3n) is 1.30. The van der Waals surface area contributed by atoms with E-state index < -0.39 is 21.7 Å². The van der Waals surface area contributed by atoms with Crippen molar-refractivity contribution in [1.29, 1.82) is 0 Å². The molecule has 0 aliphatic rings. The molecule has 0 amide bonds. The molecule has 0 radical (unpaired) electrons. The van der Waals surface area contributed by atoms with Crippen LogP contribution in [0.15, 0.2) is 12.2 Å². The van der Waals surface area contributed by atoms with E-state index in [1.54, 1.807) is 0 Å². The molecule has 0 aromatic heterocycles. The molecule has 0 unspecified atom stereocenters. The summed E-state index contributed by atoms with van der Waals surface area (Å²) >= 11 is 0. The van der Waals surface area contributed by atoms with Gasteiger partial charge in [0, 0.05) is 12.2 Å². The second kappa shape index (κ2) is 7.54. The smallest absolute Gasteiger partial charge is 0.330 e. The first kappa shape index (κ1) is 11.9. The number of ether oxygens (including phenoxy) is 1. The zero-order chi connectivity index (χ0) is 10.1. The van der Waals surface area contributed by atoms with Gasteiger partial charge in [-0.3, -0.25) is 0 Å². The average molecular weight is 202 g/mol. The molecular formula is C8H14O4Si. The normalized spacial score (nSPS) is 10.9. The second-order valence-electron chi connectivity index (χ2n) is 2.38. The molecule has 0 saturated carbocycles. The van der Waals surface area contributed by atoms with Gasteiger partial charge in [-0.1, -0.05) is 13.3 Å². The number of methoxy groups -OCH3 is 1. The van der Waals surface area contributed by atoms with Gasteiger partial charge in [-0.2, -0.15) is 0 Å². The van der Waals surface area contributed by atoms with Crippen LogP contribution in [0.3, 0.4) is 0 Å². The summed E-state index contributed by atoms with van der Waals surface area (Å²) in [4.78, 5) is 21.4. The van der Waals surface area contributed by atoms with E-state index in [0.29, 0.717) is 0 Å². The lowest BCUT2D eigenvalue weighted by Crippen LogP contribution is -2.06. The zero-order valence-corrected chi connectivity index (χ0v) is 9.32. The first-order chi connectivity index (χ1) is 6.20. The minimum Gasteiger partial charge on any atom is -0.522 e. The standard InChI is InChI=1S/C8H14O4Si/c1-3-6-13-12-8(10)5-4-7(9)11-2/h4-5H,3,6,13H2,1-2H3/b5-4-. The number of rotatable bonds is 5. The Labute approximate surface area is 79.9 Å². The lowest BCUT2D eigenvalue weighted by atomic mass is 10.5. The molecule has 0 fully saturated rings. The van der Waals surface area contributed by atoms with Crippen LogP contribution in [-0.2, 0) is 18.8 Å². The largest absolute Gasteiger partial charge is 0.522 e. The molecular weight excluding hydrogens is 188 g/mol. The average Bonchev–Trinajstić information content (AvgIpc) is 2.14. The SMILES string of the molecule is CCC[SiH2]OC(=O)/C=C\C(=O)OC. The predicted molar refractivity (Wildman–Crippen MR) is 50.9 cm³/mol. The van der Waals surface area contributed by atoms with Gasteiger partial charge < -0.3 is 9.16 Å². The lowest BCUT2D eigenvalue weighted by Gasteiger charge is -1.98. The van der Waals surface area contributed by atoms with Crippen LogP contribution in [0.2, 0.25) is 6.04 Å². The van der Waals surface area contributed by atoms with Crippen LogP contribution in [0.1, 0.15) is 13.3 Å². The number of hydrogen-bond donors (Lipinski definition) is 0. The number of carbonyl (C=O) groups excluding carboxylic acids is 2. The Kier molecular flexibility index (Phi) is 6.90. The zero-order valence-electron chi connectivity index (χ0n) is 7.91. The van der Waals surface area contributed by atoms with Crippen molar-refractivity contribution in [3.8, 4) is 0 Å². The fraction of sp³-hybridized carbons (Fsp3) is 0.500. The molecule has 13 heavy (non-hydrogen) atoms. The molecule has 0 bridgehead atoms. The summed E-state index contributed by atoms with van der Waals surface area (Å²) < 4.78 is 9.19. The second-order valence-corrected chi connectivity index (χ2v) is 3.78.